The number of benzene rings is 2. The number of ketones is 1. The summed E-state index contributed by atoms with van der Waals surface area (Å²) < 4.78 is 5.27. The first-order valence-electron chi connectivity index (χ1n) is 9.88. The Kier molecular flexibility index (Phi) is 8.02. The zero-order valence-electron chi connectivity index (χ0n) is 18.3. The predicted octanol–water partition coefficient (Wildman–Crippen LogP) is 4.74. The predicted molar refractivity (Wildman–Crippen MR) is 131 cm³/mol. The molecule has 3 aromatic rings. The highest BCUT2D eigenvalue weighted by molar-refractivity contribution is 7.98. The number of hydrogen-bond acceptors (Lipinski definition) is 7. The van der Waals surface area contributed by atoms with E-state index in [0.717, 1.165) is 4.90 Å². The first-order valence-corrected chi connectivity index (χ1v) is 12.0. The Morgan fingerprint density at radius 3 is 2.48 bits per heavy atom. The largest absolute Gasteiger partial charge is 0.454 e. The van der Waals surface area contributed by atoms with Gasteiger partial charge in [-0.05, 0) is 42.0 Å². The summed E-state index contributed by atoms with van der Waals surface area (Å²) in [5, 5.41) is 4.50. The van der Waals surface area contributed by atoms with E-state index in [-0.39, 0.29) is 17.4 Å². The number of amides is 2. The Bertz CT molecular complexity index is 1190. The number of thioether (sulfide) groups is 1. The number of nitrogens with zero attached hydrogens (tertiary/aromatic N) is 1. The van der Waals surface area contributed by atoms with Crippen LogP contribution in [0.2, 0.25) is 0 Å². The van der Waals surface area contributed by atoms with Crippen molar-refractivity contribution in [3.8, 4) is 0 Å². The van der Waals surface area contributed by atoms with Crippen molar-refractivity contribution in [2.24, 2.45) is 0 Å². The molecule has 7 nitrogen and oxygen atoms in total. The minimum Gasteiger partial charge on any atom is -0.454 e. The highest BCUT2D eigenvalue weighted by Crippen LogP contribution is 2.27. The summed E-state index contributed by atoms with van der Waals surface area (Å²) in [6, 6.07) is 15.0. The second-order valence-corrected chi connectivity index (χ2v) is 8.75. The fourth-order valence-electron chi connectivity index (χ4n) is 3.07. The van der Waals surface area contributed by atoms with Gasteiger partial charge < -0.3 is 15.0 Å². The number of nitrogens with one attached hydrogen (secondary N) is 1. The average Bonchev–Trinajstić information content (AvgIpc) is 3.36. The number of esters is 1. The molecule has 0 unspecified atom stereocenters. The zero-order valence-corrected chi connectivity index (χ0v) is 19.9. The maximum atomic E-state index is 12.8. The normalized spacial score (nSPS) is 10.4. The van der Waals surface area contributed by atoms with Crippen LogP contribution in [0.1, 0.15) is 37.3 Å². The number of hydrogen-bond donors (Lipinski definition) is 1. The molecule has 0 spiro atoms. The molecule has 0 radical (unpaired) electrons. The van der Waals surface area contributed by atoms with Gasteiger partial charge in [-0.15, -0.1) is 23.1 Å². The molecular formula is C24H22N2O5S2. The molecule has 1 N–H and O–H groups in total. The molecule has 0 aliphatic heterocycles. The fourth-order valence-corrected chi connectivity index (χ4v) is 4.31. The first kappa shape index (κ1) is 24.2. The van der Waals surface area contributed by atoms with Gasteiger partial charge in [0.2, 0.25) is 5.91 Å². The minimum atomic E-state index is -0.715. The summed E-state index contributed by atoms with van der Waals surface area (Å²) in [7, 11) is 1.58. The highest BCUT2D eigenvalue weighted by Gasteiger charge is 2.22. The Morgan fingerprint density at radius 2 is 1.82 bits per heavy atom. The summed E-state index contributed by atoms with van der Waals surface area (Å²) in [6.07, 6.45) is 1.86. The lowest BCUT2D eigenvalue weighted by Gasteiger charge is -2.19. The molecule has 1 heterocycles. The molecule has 2 aromatic carbocycles. The van der Waals surface area contributed by atoms with Crippen molar-refractivity contribution in [2.75, 3.05) is 30.1 Å². The number of Topliss-reactive ketones (excluding diaryl/α,β-unsaturated/α-hetero) is 1. The summed E-state index contributed by atoms with van der Waals surface area (Å²) in [5.41, 5.74) is 1.38. The van der Waals surface area contributed by atoms with Crippen LogP contribution in [0.3, 0.4) is 0 Å². The molecule has 0 atom stereocenters. The number of carbonyl (C=O) groups is 4. The molecular weight excluding hydrogens is 460 g/mol. The summed E-state index contributed by atoms with van der Waals surface area (Å²) >= 11 is 2.74. The first-order chi connectivity index (χ1) is 15.8. The van der Waals surface area contributed by atoms with Gasteiger partial charge in [0.15, 0.2) is 12.4 Å². The van der Waals surface area contributed by atoms with Gasteiger partial charge in [0.1, 0.15) is 0 Å². The van der Waals surface area contributed by atoms with Crippen LogP contribution in [0, 0.1) is 0 Å². The van der Waals surface area contributed by atoms with Crippen molar-refractivity contribution in [3.63, 3.8) is 0 Å². The van der Waals surface area contributed by atoms with Crippen molar-refractivity contribution >= 4 is 58.0 Å². The van der Waals surface area contributed by atoms with Gasteiger partial charge in [-0.2, -0.15) is 0 Å². The van der Waals surface area contributed by atoms with E-state index in [4.69, 9.17) is 4.74 Å². The van der Waals surface area contributed by atoms with Crippen LogP contribution in [-0.4, -0.2) is 43.5 Å². The molecule has 33 heavy (non-hydrogen) atoms. The minimum absolute atomic E-state index is 0.175. The Morgan fingerprint density at radius 1 is 1.06 bits per heavy atom. The molecule has 2 amide bonds. The topological polar surface area (TPSA) is 92.8 Å². The van der Waals surface area contributed by atoms with Gasteiger partial charge >= 0.3 is 5.97 Å². The molecule has 170 valence electrons. The van der Waals surface area contributed by atoms with Crippen molar-refractivity contribution < 1.29 is 23.9 Å². The maximum absolute atomic E-state index is 12.8. The van der Waals surface area contributed by atoms with Crippen LogP contribution in [-0.2, 0) is 9.53 Å². The van der Waals surface area contributed by atoms with Crippen molar-refractivity contribution in [1.82, 2.24) is 0 Å². The SMILES string of the molecule is CSc1ccc(C(=O)COC(=O)c2ccccc2N(C)C(=O)c2cccs2)cc1NC(C)=O. The molecule has 9 heteroatoms. The lowest BCUT2D eigenvalue weighted by atomic mass is 10.1. The Balaban J connectivity index is 1.73. The summed E-state index contributed by atoms with van der Waals surface area (Å²) in [5.74, 6) is -1.63. The van der Waals surface area contributed by atoms with E-state index in [1.165, 1.54) is 34.9 Å². The third-order valence-corrected chi connectivity index (χ3v) is 6.34. The second-order valence-electron chi connectivity index (χ2n) is 6.95. The van der Waals surface area contributed by atoms with Crippen LogP contribution >= 0.6 is 23.1 Å². The van der Waals surface area contributed by atoms with E-state index in [0.29, 0.717) is 21.8 Å². The summed E-state index contributed by atoms with van der Waals surface area (Å²) in [4.78, 5) is 52.3. The number of para-hydroxylation sites is 1. The Labute approximate surface area is 199 Å². The van der Waals surface area contributed by atoms with Crippen LogP contribution in [0.4, 0.5) is 11.4 Å². The number of anilines is 2. The van der Waals surface area contributed by atoms with E-state index in [1.54, 1.807) is 67.0 Å². The van der Waals surface area contributed by atoms with Gasteiger partial charge in [0.05, 0.1) is 21.8 Å². The van der Waals surface area contributed by atoms with Crippen molar-refractivity contribution in [3.05, 3.63) is 76.0 Å². The Hall–Kier alpha value is -3.43. The van der Waals surface area contributed by atoms with Crippen LogP contribution < -0.4 is 10.2 Å². The third-order valence-electron chi connectivity index (χ3n) is 4.69. The smallest absolute Gasteiger partial charge is 0.340 e. The molecule has 1 aromatic heterocycles. The molecule has 0 aliphatic rings. The number of rotatable bonds is 8. The van der Waals surface area contributed by atoms with Gasteiger partial charge in [0, 0.05) is 24.4 Å². The van der Waals surface area contributed by atoms with E-state index in [9.17, 15) is 19.2 Å². The van der Waals surface area contributed by atoms with Crippen LogP contribution in [0.5, 0.6) is 0 Å². The number of ether oxygens (including phenoxy) is 1. The molecule has 0 saturated heterocycles. The van der Waals surface area contributed by atoms with Crippen LogP contribution in [0.25, 0.3) is 0 Å². The van der Waals surface area contributed by atoms with Gasteiger partial charge in [-0.3, -0.25) is 14.4 Å². The molecule has 0 bridgehead atoms. The standard InChI is InChI=1S/C24H22N2O5S2/c1-15(27)25-18-13-16(10-11-21(18)32-3)20(28)14-31-24(30)17-7-4-5-8-19(17)26(2)23(29)22-9-6-12-33-22/h4-13H,14H2,1-3H3,(H,25,27). The van der Waals surface area contributed by atoms with Crippen LogP contribution in [0.15, 0.2) is 64.9 Å². The summed E-state index contributed by atoms with van der Waals surface area (Å²) in [6.45, 7) is 0.909. The molecule has 0 saturated carbocycles. The number of carbonyl (C=O) groups excluding carboxylic acids is 4. The van der Waals surface area contributed by atoms with Crippen molar-refractivity contribution in [2.45, 2.75) is 11.8 Å². The maximum Gasteiger partial charge on any atom is 0.340 e. The van der Waals surface area contributed by atoms with E-state index >= 15 is 0 Å². The van der Waals surface area contributed by atoms with Gasteiger partial charge in [-0.25, -0.2) is 4.79 Å². The molecule has 0 aliphatic carbocycles. The molecule has 0 fully saturated rings. The molecule has 3 rings (SSSR count). The van der Waals surface area contributed by atoms with Gasteiger partial charge in [-0.1, -0.05) is 24.3 Å². The third kappa shape index (κ3) is 5.88. The lowest BCUT2D eigenvalue weighted by molar-refractivity contribution is -0.114. The lowest BCUT2D eigenvalue weighted by Crippen LogP contribution is -2.27. The van der Waals surface area contributed by atoms with E-state index in [2.05, 4.69) is 5.32 Å². The number of thiophene rings is 1. The monoisotopic (exact) mass is 482 g/mol. The quantitative estimate of drug-likeness (QED) is 0.283. The van der Waals surface area contributed by atoms with E-state index in [1.807, 2.05) is 6.26 Å². The van der Waals surface area contributed by atoms with Gasteiger partial charge in [0.25, 0.3) is 5.91 Å². The average molecular weight is 483 g/mol. The van der Waals surface area contributed by atoms with E-state index < -0.39 is 18.4 Å². The fraction of sp³-hybridized carbons (Fsp3) is 0.167. The highest BCUT2D eigenvalue weighted by atomic mass is 32.2. The van der Waals surface area contributed by atoms with Crippen molar-refractivity contribution in [1.29, 1.82) is 0 Å². The zero-order chi connectivity index (χ0) is 24.0. The second kappa shape index (κ2) is 10.9.